The van der Waals surface area contributed by atoms with E-state index in [1.54, 1.807) is 29.2 Å². The summed E-state index contributed by atoms with van der Waals surface area (Å²) in [5.74, 6) is 0.443. The molecule has 0 aliphatic carbocycles. The number of H-pyrrole nitrogens is 1. The van der Waals surface area contributed by atoms with Gasteiger partial charge < -0.3 is 10.3 Å². The summed E-state index contributed by atoms with van der Waals surface area (Å²) in [6, 6.07) is 8.76. The SMILES string of the molecule is Cc1c(-c2ccnc(N[C@@H](C)c3cc4cc(Cl)ccc4[nH]c3=O)n2)cnn1C. The van der Waals surface area contributed by atoms with Crippen LogP contribution in [-0.2, 0) is 7.05 Å². The molecule has 142 valence electrons. The van der Waals surface area contributed by atoms with E-state index in [9.17, 15) is 4.79 Å². The van der Waals surface area contributed by atoms with E-state index in [2.05, 4.69) is 25.4 Å². The molecular formula is C20H19ClN6O. The Morgan fingerprint density at radius 2 is 2.07 bits per heavy atom. The lowest BCUT2D eigenvalue weighted by Crippen LogP contribution is -2.20. The van der Waals surface area contributed by atoms with Gasteiger partial charge in [0.2, 0.25) is 5.95 Å². The number of aryl methyl sites for hydroxylation is 1. The first-order chi connectivity index (χ1) is 13.4. The van der Waals surface area contributed by atoms with Gasteiger partial charge in [-0.25, -0.2) is 9.97 Å². The van der Waals surface area contributed by atoms with Crippen molar-refractivity contribution in [3.05, 3.63) is 69.4 Å². The van der Waals surface area contributed by atoms with Crippen LogP contribution in [-0.4, -0.2) is 24.7 Å². The number of anilines is 1. The number of nitrogens with one attached hydrogen (secondary N) is 2. The molecule has 0 unspecified atom stereocenters. The number of halogens is 1. The Morgan fingerprint density at radius 1 is 1.25 bits per heavy atom. The van der Waals surface area contributed by atoms with Crippen molar-refractivity contribution in [2.75, 3.05) is 5.32 Å². The van der Waals surface area contributed by atoms with Crippen molar-refractivity contribution in [3.63, 3.8) is 0 Å². The average Bonchev–Trinajstić information content (AvgIpc) is 3.00. The Labute approximate surface area is 166 Å². The molecule has 7 nitrogen and oxygen atoms in total. The maximum atomic E-state index is 12.5. The molecule has 0 amide bonds. The molecule has 0 aliphatic heterocycles. The molecule has 0 saturated carbocycles. The van der Waals surface area contributed by atoms with Crippen molar-refractivity contribution in [1.82, 2.24) is 24.7 Å². The van der Waals surface area contributed by atoms with E-state index in [1.165, 1.54) is 0 Å². The molecule has 3 aromatic heterocycles. The highest BCUT2D eigenvalue weighted by Crippen LogP contribution is 2.23. The molecule has 0 saturated heterocycles. The fraction of sp³-hybridized carbons (Fsp3) is 0.200. The molecule has 1 atom stereocenters. The van der Waals surface area contributed by atoms with Crippen molar-refractivity contribution in [2.24, 2.45) is 7.05 Å². The third-order valence-electron chi connectivity index (χ3n) is 4.81. The number of hydrogen-bond acceptors (Lipinski definition) is 5. The number of benzene rings is 1. The van der Waals surface area contributed by atoms with Gasteiger partial charge in [-0.15, -0.1) is 0 Å². The van der Waals surface area contributed by atoms with E-state index in [0.29, 0.717) is 16.5 Å². The summed E-state index contributed by atoms with van der Waals surface area (Å²) in [6.07, 6.45) is 3.47. The van der Waals surface area contributed by atoms with Crippen LogP contribution in [0.1, 0.15) is 24.2 Å². The van der Waals surface area contributed by atoms with Crippen LogP contribution in [0.25, 0.3) is 22.2 Å². The number of rotatable bonds is 4. The highest BCUT2D eigenvalue weighted by atomic mass is 35.5. The molecular weight excluding hydrogens is 376 g/mol. The van der Waals surface area contributed by atoms with Gasteiger partial charge in [-0.2, -0.15) is 5.10 Å². The fourth-order valence-electron chi connectivity index (χ4n) is 3.12. The minimum absolute atomic E-state index is 0.158. The predicted molar refractivity (Wildman–Crippen MR) is 111 cm³/mol. The van der Waals surface area contributed by atoms with Gasteiger partial charge in [-0.1, -0.05) is 11.6 Å². The zero-order chi connectivity index (χ0) is 19.8. The molecule has 0 bridgehead atoms. The molecule has 4 aromatic rings. The van der Waals surface area contributed by atoms with Crippen molar-refractivity contribution in [1.29, 1.82) is 0 Å². The Bertz CT molecular complexity index is 1230. The summed E-state index contributed by atoms with van der Waals surface area (Å²) in [7, 11) is 1.89. The number of aromatic amines is 1. The maximum Gasteiger partial charge on any atom is 0.253 e. The van der Waals surface area contributed by atoms with Crippen LogP contribution in [0.5, 0.6) is 0 Å². The van der Waals surface area contributed by atoms with Crippen LogP contribution in [0.4, 0.5) is 5.95 Å². The maximum absolute atomic E-state index is 12.5. The second-order valence-corrected chi connectivity index (χ2v) is 7.12. The Hall–Kier alpha value is -3.19. The lowest BCUT2D eigenvalue weighted by Gasteiger charge is -2.14. The molecule has 0 spiro atoms. The Morgan fingerprint density at radius 3 is 2.82 bits per heavy atom. The number of aromatic nitrogens is 5. The van der Waals surface area contributed by atoms with Crippen molar-refractivity contribution in [3.8, 4) is 11.3 Å². The summed E-state index contributed by atoms with van der Waals surface area (Å²) in [6.45, 7) is 3.88. The number of hydrogen-bond donors (Lipinski definition) is 2. The van der Waals surface area contributed by atoms with Gasteiger partial charge in [-0.3, -0.25) is 9.48 Å². The number of nitrogens with zero attached hydrogens (tertiary/aromatic N) is 4. The van der Waals surface area contributed by atoms with Gasteiger partial charge in [0, 0.05) is 46.0 Å². The summed E-state index contributed by atoms with van der Waals surface area (Å²) < 4.78 is 1.80. The van der Waals surface area contributed by atoms with Gasteiger partial charge in [0.1, 0.15) is 0 Å². The molecule has 1 aromatic carbocycles. The van der Waals surface area contributed by atoms with Gasteiger partial charge >= 0.3 is 0 Å². The molecule has 3 heterocycles. The van der Waals surface area contributed by atoms with E-state index < -0.39 is 0 Å². The monoisotopic (exact) mass is 394 g/mol. The van der Waals surface area contributed by atoms with E-state index in [-0.39, 0.29) is 11.6 Å². The summed E-state index contributed by atoms with van der Waals surface area (Å²) >= 11 is 6.08. The molecule has 4 rings (SSSR count). The molecule has 0 fully saturated rings. The van der Waals surface area contributed by atoms with E-state index in [0.717, 1.165) is 27.9 Å². The molecule has 0 radical (unpaired) electrons. The van der Waals surface area contributed by atoms with Crippen LogP contribution in [0.15, 0.2) is 47.5 Å². The Balaban J connectivity index is 1.65. The molecule has 28 heavy (non-hydrogen) atoms. The van der Waals surface area contributed by atoms with Crippen LogP contribution in [0, 0.1) is 6.92 Å². The lowest BCUT2D eigenvalue weighted by molar-refractivity contribution is 0.740. The van der Waals surface area contributed by atoms with Crippen molar-refractivity contribution >= 4 is 28.5 Å². The van der Waals surface area contributed by atoms with E-state index in [1.807, 2.05) is 39.1 Å². The highest BCUT2D eigenvalue weighted by molar-refractivity contribution is 6.31. The predicted octanol–water partition coefficient (Wildman–Crippen LogP) is 3.85. The standard InChI is InChI=1S/C20H19ClN6O/c1-11(15-9-13-8-14(21)4-5-17(13)25-19(15)28)24-20-22-7-6-18(26-20)16-10-23-27(3)12(16)2/h4-11H,1-3H3,(H,25,28)(H,22,24,26)/t11-/m0/s1. The molecule has 8 heteroatoms. The van der Waals surface area contributed by atoms with Gasteiger partial charge in [0.25, 0.3) is 5.56 Å². The van der Waals surface area contributed by atoms with Crippen molar-refractivity contribution in [2.45, 2.75) is 19.9 Å². The lowest BCUT2D eigenvalue weighted by atomic mass is 10.1. The van der Waals surface area contributed by atoms with Crippen molar-refractivity contribution < 1.29 is 0 Å². The topological polar surface area (TPSA) is 88.5 Å². The normalized spacial score (nSPS) is 12.3. The fourth-order valence-corrected chi connectivity index (χ4v) is 3.30. The van der Waals surface area contributed by atoms with Crippen LogP contribution >= 0.6 is 11.6 Å². The zero-order valence-electron chi connectivity index (χ0n) is 15.7. The minimum atomic E-state index is -0.294. The zero-order valence-corrected chi connectivity index (χ0v) is 16.4. The van der Waals surface area contributed by atoms with Crippen LogP contribution in [0.3, 0.4) is 0 Å². The van der Waals surface area contributed by atoms with Crippen LogP contribution in [0.2, 0.25) is 5.02 Å². The second kappa shape index (κ2) is 7.09. The Kier molecular flexibility index (Phi) is 4.60. The summed E-state index contributed by atoms with van der Waals surface area (Å²) in [4.78, 5) is 24.3. The summed E-state index contributed by atoms with van der Waals surface area (Å²) in [5, 5.41) is 8.96. The van der Waals surface area contributed by atoms with E-state index >= 15 is 0 Å². The first kappa shape index (κ1) is 18.2. The molecule has 0 aliphatic rings. The molecule has 2 N–H and O–H groups in total. The third kappa shape index (κ3) is 3.36. The third-order valence-corrected chi connectivity index (χ3v) is 5.05. The average molecular weight is 395 g/mol. The first-order valence-corrected chi connectivity index (χ1v) is 9.21. The largest absolute Gasteiger partial charge is 0.347 e. The van der Waals surface area contributed by atoms with E-state index in [4.69, 9.17) is 11.6 Å². The summed E-state index contributed by atoms with van der Waals surface area (Å²) in [5.41, 5.74) is 3.90. The second-order valence-electron chi connectivity index (χ2n) is 6.68. The minimum Gasteiger partial charge on any atom is -0.347 e. The smallest absolute Gasteiger partial charge is 0.253 e. The highest BCUT2D eigenvalue weighted by Gasteiger charge is 2.14. The van der Waals surface area contributed by atoms with Crippen LogP contribution < -0.4 is 10.9 Å². The number of fused-ring (bicyclic) bond motifs is 1. The number of pyridine rings is 1. The van der Waals surface area contributed by atoms with Gasteiger partial charge in [0.15, 0.2) is 0 Å². The first-order valence-electron chi connectivity index (χ1n) is 8.83. The van der Waals surface area contributed by atoms with Gasteiger partial charge in [0.05, 0.1) is 17.9 Å². The quantitative estimate of drug-likeness (QED) is 0.548. The van der Waals surface area contributed by atoms with Gasteiger partial charge in [-0.05, 0) is 44.2 Å².